The highest BCUT2D eigenvalue weighted by molar-refractivity contribution is 7.85. The number of hydrogen-bond acceptors (Lipinski definition) is 4. The van der Waals surface area contributed by atoms with Crippen molar-refractivity contribution in [1.29, 1.82) is 0 Å². The molecule has 0 aliphatic rings. The minimum Gasteiger partial charge on any atom is -0.464 e. The van der Waals surface area contributed by atoms with E-state index in [9.17, 15) is 8.42 Å². The summed E-state index contributed by atoms with van der Waals surface area (Å²) in [6.07, 6.45) is 1.65. The van der Waals surface area contributed by atoms with E-state index < -0.39 is 10.3 Å². The van der Waals surface area contributed by atoms with E-state index >= 15 is 0 Å². The van der Waals surface area contributed by atoms with Crippen LogP contribution in [0.25, 0.3) is 22.1 Å². The zero-order chi connectivity index (χ0) is 14.9. The summed E-state index contributed by atoms with van der Waals surface area (Å²) < 4.78 is 34.8. The minimum absolute atomic E-state index is 0.262. The Morgan fingerprint density at radius 3 is 2.43 bits per heavy atom. The molecule has 6 heteroatoms. The summed E-state index contributed by atoms with van der Waals surface area (Å²) in [5, 5.41) is 1.02. The van der Waals surface area contributed by atoms with Crippen molar-refractivity contribution < 1.29 is 17.0 Å². The molecule has 0 unspecified atom stereocenters. The quantitative estimate of drug-likeness (QED) is 0.804. The second-order valence-corrected chi connectivity index (χ2v) is 5.92. The Bertz CT molecular complexity index is 866. The summed E-state index contributed by atoms with van der Waals surface area (Å²) >= 11 is 0. The van der Waals surface area contributed by atoms with Crippen LogP contribution in [0.2, 0.25) is 0 Å². The Morgan fingerprint density at radius 1 is 1.00 bits per heavy atom. The molecule has 0 aliphatic heterocycles. The van der Waals surface area contributed by atoms with Gasteiger partial charge in [0.15, 0.2) is 0 Å². The molecule has 0 saturated heterocycles. The van der Waals surface area contributed by atoms with Gasteiger partial charge in [-0.1, -0.05) is 18.2 Å². The van der Waals surface area contributed by atoms with Crippen molar-refractivity contribution in [2.75, 3.05) is 7.05 Å². The first-order valence-corrected chi connectivity index (χ1v) is 7.69. The third-order valence-electron chi connectivity index (χ3n) is 3.10. The molecule has 3 rings (SSSR count). The van der Waals surface area contributed by atoms with E-state index in [1.807, 2.05) is 36.4 Å². The van der Waals surface area contributed by atoms with Gasteiger partial charge in [-0.25, -0.2) is 0 Å². The Balaban J connectivity index is 1.89. The summed E-state index contributed by atoms with van der Waals surface area (Å²) in [6.45, 7) is 0. The summed E-state index contributed by atoms with van der Waals surface area (Å²) in [5.74, 6) is 0.262. The van der Waals surface area contributed by atoms with Gasteiger partial charge in [0.2, 0.25) is 0 Å². The number of nitrogens with one attached hydrogen (secondary N) is 1. The van der Waals surface area contributed by atoms with Crippen molar-refractivity contribution in [3.05, 3.63) is 54.8 Å². The highest BCUT2D eigenvalue weighted by Gasteiger charge is 2.09. The fraction of sp³-hybridized carbons (Fsp3) is 0.0667. The monoisotopic (exact) mass is 303 g/mol. The average molecular weight is 303 g/mol. The molecule has 3 aromatic rings. The fourth-order valence-corrected chi connectivity index (χ4v) is 2.47. The van der Waals surface area contributed by atoms with E-state index in [0.29, 0.717) is 0 Å². The van der Waals surface area contributed by atoms with Crippen LogP contribution in [0.15, 0.2) is 59.2 Å². The van der Waals surface area contributed by atoms with E-state index in [1.165, 1.54) is 7.05 Å². The predicted octanol–water partition coefficient (Wildman–Crippen LogP) is 2.94. The Kier molecular flexibility index (Phi) is 3.40. The van der Waals surface area contributed by atoms with Crippen LogP contribution in [-0.2, 0) is 10.3 Å². The average Bonchev–Trinajstić information content (AvgIpc) is 2.95. The van der Waals surface area contributed by atoms with Gasteiger partial charge in [0, 0.05) is 12.4 Å². The zero-order valence-electron chi connectivity index (χ0n) is 11.2. The first-order chi connectivity index (χ1) is 10.1. The number of fused-ring (bicyclic) bond motifs is 1. The highest BCUT2D eigenvalue weighted by Crippen LogP contribution is 2.26. The molecule has 1 aromatic heterocycles. The van der Waals surface area contributed by atoms with Gasteiger partial charge in [0.25, 0.3) is 0 Å². The normalized spacial score (nSPS) is 11.7. The maximum Gasteiger partial charge on any atom is 0.382 e. The molecule has 2 aromatic carbocycles. The Morgan fingerprint density at radius 2 is 1.71 bits per heavy atom. The number of furan rings is 1. The van der Waals surface area contributed by atoms with Crippen LogP contribution in [-0.4, -0.2) is 15.5 Å². The second kappa shape index (κ2) is 5.23. The first-order valence-electron chi connectivity index (χ1n) is 6.28. The van der Waals surface area contributed by atoms with Gasteiger partial charge >= 0.3 is 10.3 Å². The molecule has 21 heavy (non-hydrogen) atoms. The van der Waals surface area contributed by atoms with E-state index in [1.54, 1.807) is 18.4 Å². The lowest BCUT2D eigenvalue weighted by molar-refractivity contribution is 0.477. The molecule has 1 heterocycles. The Labute approximate surface area is 122 Å². The van der Waals surface area contributed by atoms with Gasteiger partial charge < -0.3 is 8.60 Å². The van der Waals surface area contributed by atoms with Crippen LogP contribution >= 0.6 is 0 Å². The fourth-order valence-electron chi connectivity index (χ4n) is 2.02. The molecule has 0 aliphatic carbocycles. The van der Waals surface area contributed by atoms with Crippen molar-refractivity contribution in [2.45, 2.75) is 0 Å². The lowest BCUT2D eigenvalue weighted by Gasteiger charge is -2.06. The molecule has 0 atom stereocenters. The molecule has 0 bridgehead atoms. The van der Waals surface area contributed by atoms with Crippen molar-refractivity contribution in [3.63, 3.8) is 0 Å². The molecule has 5 nitrogen and oxygen atoms in total. The third-order valence-corrected chi connectivity index (χ3v) is 4.01. The Hall–Kier alpha value is -2.31. The molecule has 1 N–H and O–H groups in total. The molecule has 0 saturated carbocycles. The summed E-state index contributed by atoms with van der Waals surface area (Å²) in [7, 11) is -2.44. The highest BCUT2D eigenvalue weighted by atomic mass is 32.2. The molecule has 0 radical (unpaired) electrons. The topological polar surface area (TPSA) is 68.5 Å². The summed E-state index contributed by atoms with van der Waals surface area (Å²) in [5.41, 5.74) is 2.82. The number of hydrogen-bond donors (Lipinski definition) is 1. The largest absolute Gasteiger partial charge is 0.464 e. The minimum atomic E-state index is -3.73. The molecular weight excluding hydrogens is 290 g/mol. The van der Waals surface area contributed by atoms with E-state index in [0.717, 1.165) is 22.1 Å². The van der Waals surface area contributed by atoms with E-state index in [-0.39, 0.29) is 5.75 Å². The lowest BCUT2D eigenvalue weighted by Crippen LogP contribution is -2.24. The lowest BCUT2D eigenvalue weighted by atomic mass is 10.0. The van der Waals surface area contributed by atoms with Crippen LogP contribution in [0.5, 0.6) is 5.75 Å². The summed E-state index contributed by atoms with van der Waals surface area (Å²) in [6, 6.07) is 14.6. The second-order valence-electron chi connectivity index (χ2n) is 4.44. The van der Waals surface area contributed by atoms with Gasteiger partial charge in [-0.05, 0) is 41.5 Å². The first kappa shape index (κ1) is 13.7. The third kappa shape index (κ3) is 2.91. The smallest absolute Gasteiger partial charge is 0.382 e. The van der Waals surface area contributed by atoms with Crippen molar-refractivity contribution >= 4 is 21.3 Å². The molecule has 0 amide bonds. The van der Waals surface area contributed by atoms with Crippen LogP contribution in [0.3, 0.4) is 0 Å². The maximum atomic E-state index is 11.3. The van der Waals surface area contributed by atoms with Crippen molar-refractivity contribution in [3.8, 4) is 16.9 Å². The van der Waals surface area contributed by atoms with Gasteiger partial charge in [-0.3, -0.25) is 0 Å². The zero-order valence-corrected chi connectivity index (χ0v) is 12.1. The molecule has 0 spiro atoms. The maximum absolute atomic E-state index is 11.3. The van der Waals surface area contributed by atoms with Crippen molar-refractivity contribution in [1.82, 2.24) is 4.72 Å². The predicted molar refractivity (Wildman–Crippen MR) is 80.3 cm³/mol. The van der Waals surface area contributed by atoms with E-state index in [2.05, 4.69) is 4.72 Å². The van der Waals surface area contributed by atoms with Gasteiger partial charge in [-0.2, -0.15) is 13.1 Å². The van der Waals surface area contributed by atoms with Gasteiger partial charge in [0.1, 0.15) is 11.3 Å². The molecule has 0 fully saturated rings. The van der Waals surface area contributed by atoms with E-state index in [4.69, 9.17) is 8.60 Å². The van der Waals surface area contributed by atoms with Crippen LogP contribution in [0.4, 0.5) is 0 Å². The van der Waals surface area contributed by atoms with Crippen LogP contribution < -0.4 is 8.91 Å². The number of rotatable bonds is 4. The van der Waals surface area contributed by atoms with Crippen LogP contribution in [0.1, 0.15) is 0 Å². The SMILES string of the molecule is CNS(=O)(=O)Oc1ccc(-c2ccc3occc3c2)cc1. The molecular formula is C15H13NO4S. The van der Waals surface area contributed by atoms with Gasteiger partial charge in [0.05, 0.1) is 6.26 Å². The van der Waals surface area contributed by atoms with Gasteiger partial charge in [-0.15, -0.1) is 0 Å². The van der Waals surface area contributed by atoms with Crippen LogP contribution in [0, 0.1) is 0 Å². The standard InChI is InChI=1S/C15H13NO4S/c1-16-21(17,18)20-14-5-2-11(3-6-14)12-4-7-15-13(10-12)8-9-19-15/h2-10,16H,1H3. The summed E-state index contributed by atoms with van der Waals surface area (Å²) in [4.78, 5) is 0. The molecule has 108 valence electrons. The number of benzene rings is 2. The van der Waals surface area contributed by atoms with Crippen molar-refractivity contribution in [2.24, 2.45) is 0 Å².